The minimum atomic E-state index is -0.474. The van der Waals surface area contributed by atoms with Gasteiger partial charge in [0.2, 0.25) is 5.91 Å². The van der Waals surface area contributed by atoms with Crippen LogP contribution in [-0.4, -0.2) is 30.7 Å². The van der Waals surface area contributed by atoms with Crippen LogP contribution in [0.5, 0.6) is 0 Å². The summed E-state index contributed by atoms with van der Waals surface area (Å²) in [7, 11) is 0. The molecule has 1 saturated carbocycles. The van der Waals surface area contributed by atoms with Gasteiger partial charge in [-0.25, -0.2) is 4.79 Å². The summed E-state index contributed by atoms with van der Waals surface area (Å²) in [5.74, 6) is 0.790. The first-order valence-electron chi connectivity index (χ1n) is 9.08. The van der Waals surface area contributed by atoms with Crippen LogP contribution in [0.1, 0.15) is 46.5 Å². The molecule has 1 unspecified atom stereocenters. The van der Waals surface area contributed by atoms with Gasteiger partial charge in [-0.15, -0.1) is 0 Å². The fraction of sp³-hybridized carbons (Fsp3) is 0.579. The minimum absolute atomic E-state index is 0.0216. The van der Waals surface area contributed by atoms with Gasteiger partial charge in [0.25, 0.3) is 0 Å². The molecular weight excluding hydrogens is 318 g/mol. The second kappa shape index (κ2) is 9.30. The van der Waals surface area contributed by atoms with Crippen LogP contribution in [-0.2, 0) is 9.53 Å². The standard InChI is InChI=1S/C19H29N3O3/c1-4-25-19(24)22-17-11-9-15(10-12-17)20-14(3)18(23)21-16-7-5-13(2)6-8-16/h9-14,16,20H,4-8H2,1-3H3,(H,21,23)(H,22,24). The van der Waals surface area contributed by atoms with E-state index >= 15 is 0 Å². The van der Waals surface area contributed by atoms with Crippen molar-refractivity contribution in [2.75, 3.05) is 17.2 Å². The first-order chi connectivity index (χ1) is 12.0. The van der Waals surface area contributed by atoms with Gasteiger partial charge in [-0.3, -0.25) is 10.1 Å². The number of rotatable bonds is 6. The van der Waals surface area contributed by atoms with Gasteiger partial charge in [-0.05, 0) is 69.7 Å². The molecule has 1 fully saturated rings. The topological polar surface area (TPSA) is 79.5 Å². The van der Waals surface area contributed by atoms with Crippen molar-refractivity contribution in [2.45, 2.75) is 58.5 Å². The second-order valence-electron chi connectivity index (χ2n) is 6.75. The van der Waals surface area contributed by atoms with E-state index in [-0.39, 0.29) is 11.9 Å². The number of nitrogens with one attached hydrogen (secondary N) is 3. The number of ether oxygens (including phenoxy) is 1. The molecular formula is C19H29N3O3. The lowest BCUT2D eigenvalue weighted by molar-refractivity contribution is -0.122. The van der Waals surface area contributed by atoms with Gasteiger partial charge in [0, 0.05) is 17.4 Å². The molecule has 1 aromatic rings. The fourth-order valence-electron chi connectivity index (χ4n) is 2.98. The maximum Gasteiger partial charge on any atom is 0.411 e. The summed E-state index contributed by atoms with van der Waals surface area (Å²) in [6.07, 6.45) is 4.02. The molecule has 6 heteroatoms. The smallest absolute Gasteiger partial charge is 0.411 e. The van der Waals surface area contributed by atoms with Crippen molar-refractivity contribution in [1.29, 1.82) is 0 Å². The molecule has 25 heavy (non-hydrogen) atoms. The van der Waals surface area contributed by atoms with E-state index < -0.39 is 6.09 Å². The minimum Gasteiger partial charge on any atom is -0.450 e. The monoisotopic (exact) mass is 347 g/mol. The molecule has 1 atom stereocenters. The molecule has 0 aliphatic heterocycles. The van der Waals surface area contributed by atoms with Gasteiger partial charge < -0.3 is 15.4 Å². The highest BCUT2D eigenvalue weighted by Crippen LogP contribution is 2.23. The predicted octanol–water partition coefficient (Wildman–Crippen LogP) is 3.75. The normalized spacial score (nSPS) is 21.1. The van der Waals surface area contributed by atoms with E-state index in [1.54, 1.807) is 19.1 Å². The molecule has 0 aromatic heterocycles. The van der Waals surface area contributed by atoms with Crippen molar-refractivity contribution in [3.05, 3.63) is 24.3 Å². The van der Waals surface area contributed by atoms with E-state index in [0.717, 1.165) is 24.4 Å². The lowest BCUT2D eigenvalue weighted by Gasteiger charge is -2.28. The summed E-state index contributed by atoms with van der Waals surface area (Å²) in [5, 5.41) is 8.96. The summed E-state index contributed by atoms with van der Waals surface area (Å²) in [6.45, 7) is 6.21. The summed E-state index contributed by atoms with van der Waals surface area (Å²) >= 11 is 0. The Morgan fingerprint density at radius 3 is 2.32 bits per heavy atom. The highest BCUT2D eigenvalue weighted by Gasteiger charge is 2.22. The number of benzene rings is 1. The molecule has 0 saturated heterocycles. The lowest BCUT2D eigenvalue weighted by atomic mass is 9.87. The number of anilines is 2. The molecule has 3 N–H and O–H groups in total. The number of carbonyl (C=O) groups is 2. The molecule has 2 amide bonds. The van der Waals surface area contributed by atoms with Gasteiger partial charge in [0.1, 0.15) is 6.04 Å². The van der Waals surface area contributed by atoms with E-state index in [2.05, 4.69) is 22.9 Å². The van der Waals surface area contributed by atoms with Crippen LogP contribution in [0.25, 0.3) is 0 Å². The highest BCUT2D eigenvalue weighted by molar-refractivity contribution is 5.86. The maximum atomic E-state index is 12.3. The Morgan fingerprint density at radius 1 is 1.12 bits per heavy atom. The van der Waals surface area contributed by atoms with Crippen molar-refractivity contribution >= 4 is 23.4 Å². The van der Waals surface area contributed by atoms with Gasteiger partial charge in [0.05, 0.1) is 6.61 Å². The van der Waals surface area contributed by atoms with Crippen LogP contribution in [0.3, 0.4) is 0 Å². The number of amides is 2. The number of hydrogen-bond acceptors (Lipinski definition) is 4. The van der Waals surface area contributed by atoms with Crippen LogP contribution in [0, 0.1) is 5.92 Å². The molecule has 0 spiro atoms. The van der Waals surface area contributed by atoms with Gasteiger partial charge in [-0.1, -0.05) is 6.92 Å². The zero-order valence-electron chi connectivity index (χ0n) is 15.3. The zero-order valence-corrected chi connectivity index (χ0v) is 15.3. The Balaban J connectivity index is 1.80. The summed E-state index contributed by atoms with van der Waals surface area (Å²) in [6, 6.07) is 7.17. The average molecular weight is 347 g/mol. The van der Waals surface area contributed by atoms with Crippen molar-refractivity contribution in [3.8, 4) is 0 Å². The number of hydrogen-bond donors (Lipinski definition) is 3. The second-order valence-corrected chi connectivity index (χ2v) is 6.75. The third kappa shape index (κ3) is 6.29. The molecule has 2 rings (SSSR count). The van der Waals surface area contributed by atoms with Crippen LogP contribution >= 0.6 is 0 Å². The van der Waals surface area contributed by atoms with E-state index in [1.807, 2.05) is 19.1 Å². The zero-order chi connectivity index (χ0) is 18.2. The average Bonchev–Trinajstić information content (AvgIpc) is 2.59. The molecule has 138 valence electrons. The van der Waals surface area contributed by atoms with Crippen LogP contribution in [0.2, 0.25) is 0 Å². The summed E-state index contributed by atoms with van der Waals surface area (Å²) in [4.78, 5) is 23.7. The van der Waals surface area contributed by atoms with Crippen molar-refractivity contribution < 1.29 is 14.3 Å². The Kier molecular flexibility index (Phi) is 7.10. The van der Waals surface area contributed by atoms with Crippen LogP contribution < -0.4 is 16.0 Å². The largest absolute Gasteiger partial charge is 0.450 e. The fourth-order valence-corrected chi connectivity index (χ4v) is 2.98. The Labute approximate surface area is 149 Å². The quantitative estimate of drug-likeness (QED) is 0.732. The molecule has 1 aromatic carbocycles. The lowest BCUT2D eigenvalue weighted by Crippen LogP contribution is -2.44. The first-order valence-corrected chi connectivity index (χ1v) is 9.08. The maximum absolute atomic E-state index is 12.3. The molecule has 0 heterocycles. The Hall–Kier alpha value is -2.24. The van der Waals surface area contributed by atoms with Gasteiger partial charge in [0.15, 0.2) is 0 Å². The third-order valence-corrected chi connectivity index (χ3v) is 4.55. The Bertz CT molecular complexity index is 566. The van der Waals surface area contributed by atoms with E-state index in [0.29, 0.717) is 18.3 Å². The molecule has 1 aliphatic carbocycles. The van der Waals surface area contributed by atoms with Crippen molar-refractivity contribution in [3.63, 3.8) is 0 Å². The third-order valence-electron chi connectivity index (χ3n) is 4.55. The van der Waals surface area contributed by atoms with E-state index in [9.17, 15) is 9.59 Å². The molecule has 1 aliphatic rings. The number of carbonyl (C=O) groups excluding carboxylic acids is 2. The molecule has 6 nitrogen and oxygen atoms in total. The summed E-state index contributed by atoms with van der Waals surface area (Å²) < 4.78 is 4.83. The molecule has 0 bridgehead atoms. The van der Waals surface area contributed by atoms with E-state index in [4.69, 9.17) is 4.74 Å². The van der Waals surface area contributed by atoms with Gasteiger partial charge in [-0.2, -0.15) is 0 Å². The van der Waals surface area contributed by atoms with Gasteiger partial charge >= 0.3 is 6.09 Å². The Morgan fingerprint density at radius 2 is 1.72 bits per heavy atom. The molecule has 0 radical (unpaired) electrons. The van der Waals surface area contributed by atoms with Crippen LogP contribution in [0.15, 0.2) is 24.3 Å². The highest BCUT2D eigenvalue weighted by atomic mass is 16.5. The van der Waals surface area contributed by atoms with Crippen molar-refractivity contribution in [1.82, 2.24) is 5.32 Å². The van der Waals surface area contributed by atoms with Crippen LogP contribution in [0.4, 0.5) is 16.2 Å². The van der Waals surface area contributed by atoms with E-state index in [1.165, 1.54) is 12.8 Å². The van der Waals surface area contributed by atoms with Crippen molar-refractivity contribution in [2.24, 2.45) is 5.92 Å². The SMILES string of the molecule is CCOC(=O)Nc1ccc(NC(C)C(=O)NC2CCC(C)CC2)cc1. The summed E-state index contributed by atoms with van der Waals surface area (Å²) in [5.41, 5.74) is 1.48. The predicted molar refractivity (Wildman–Crippen MR) is 99.7 cm³/mol. The first kappa shape index (κ1) is 19.1.